The standard InChI is InChI=1S/C30H32Cl4N4/c1-27(2)19-9-10-20(35-19)28(3,4)25-17(33)14-18(34)26(38-25)30(7,8)22-12-11-21(36-22)29(5,6)24-16(32)13-15(31)23(27)37-24/h9-14,35-36H,1-8H3. The third-order valence-electron chi connectivity index (χ3n) is 8.29. The summed E-state index contributed by atoms with van der Waals surface area (Å²) in [6.07, 6.45) is 0. The van der Waals surface area contributed by atoms with Gasteiger partial charge in [0.2, 0.25) is 0 Å². The number of hydrogen-bond acceptors (Lipinski definition) is 2. The maximum absolute atomic E-state index is 6.80. The number of nitrogens with zero attached hydrogens (tertiary/aromatic N) is 2. The molecule has 200 valence electrons. The van der Waals surface area contributed by atoms with Crippen molar-refractivity contribution in [2.45, 2.75) is 77.0 Å². The molecule has 4 aromatic rings. The van der Waals surface area contributed by atoms with E-state index < -0.39 is 21.7 Å². The monoisotopic (exact) mass is 588 g/mol. The molecule has 0 radical (unpaired) electrons. The Bertz CT molecular complexity index is 1350. The second kappa shape index (κ2) is 8.76. The molecule has 4 nitrogen and oxygen atoms in total. The van der Waals surface area contributed by atoms with E-state index in [4.69, 9.17) is 56.4 Å². The van der Waals surface area contributed by atoms with Gasteiger partial charge in [0.15, 0.2) is 0 Å². The molecule has 0 atom stereocenters. The van der Waals surface area contributed by atoms with Crippen LogP contribution in [0.3, 0.4) is 0 Å². The van der Waals surface area contributed by atoms with Crippen molar-refractivity contribution in [3.8, 4) is 0 Å². The maximum Gasteiger partial charge on any atom is 0.0709 e. The minimum Gasteiger partial charge on any atom is -0.361 e. The summed E-state index contributed by atoms with van der Waals surface area (Å²) in [5.74, 6) is 0. The summed E-state index contributed by atoms with van der Waals surface area (Å²) in [5.41, 5.74) is 4.75. The molecular formula is C30H32Cl4N4. The molecule has 1 aliphatic rings. The van der Waals surface area contributed by atoms with Gasteiger partial charge < -0.3 is 9.97 Å². The molecular weight excluding hydrogens is 558 g/mol. The summed E-state index contributed by atoms with van der Waals surface area (Å²) in [5, 5.41) is 2.10. The molecule has 0 saturated heterocycles. The van der Waals surface area contributed by atoms with Gasteiger partial charge in [-0.05, 0) is 91.8 Å². The quantitative estimate of drug-likeness (QED) is 0.214. The zero-order valence-corrected chi connectivity index (χ0v) is 25.9. The van der Waals surface area contributed by atoms with Gasteiger partial charge in [0.05, 0.1) is 42.9 Å². The number of pyridine rings is 2. The number of nitrogens with one attached hydrogen (secondary N) is 2. The molecule has 0 amide bonds. The molecule has 1 aliphatic heterocycles. The normalized spacial score (nSPS) is 18.8. The number of aromatic nitrogens is 4. The van der Waals surface area contributed by atoms with Crippen molar-refractivity contribution in [1.29, 1.82) is 0 Å². The lowest BCUT2D eigenvalue weighted by molar-refractivity contribution is 0.534. The van der Waals surface area contributed by atoms with E-state index in [0.717, 1.165) is 45.6 Å². The highest BCUT2D eigenvalue weighted by Crippen LogP contribution is 2.45. The molecule has 0 aromatic carbocycles. The minimum absolute atomic E-state index is 0.524. The number of fused-ring (bicyclic) bond motifs is 8. The van der Waals surface area contributed by atoms with E-state index >= 15 is 0 Å². The third kappa shape index (κ3) is 4.02. The lowest BCUT2D eigenvalue weighted by Crippen LogP contribution is -2.30. The van der Waals surface area contributed by atoms with Gasteiger partial charge in [0, 0.05) is 44.4 Å². The molecule has 0 spiro atoms. The molecule has 0 aliphatic carbocycles. The predicted molar refractivity (Wildman–Crippen MR) is 159 cm³/mol. The van der Waals surface area contributed by atoms with Gasteiger partial charge in [-0.25, -0.2) is 0 Å². The Labute approximate surface area is 244 Å². The highest BCUT2D eigenvalue weighted by molar-refractivity contribution is 6.36. The van der Waals surface area contributed by atoms with Crippen LogP contribution >= 0.6 is 46.4 Å². The Morgan fingerprint density at radius 1 is 0.447 bits per heavy atom. The van der Waals surface area contributed by atoms with E-state index in [1.54, 1.807) is 0 Å². The number of rotatable bonds is 0. The van der Waals surface area contributed by atoms with Crippen molar-refractivity contribution in [2.24, 2.45) is 0 Å². The average Bonchev–Trinajstić information content (AvgIpc) is 3.49. The van der Waals surface area contributed by atoms with Crippen LogP contribution in [-0.2, 0) is 21.7 Å². The summed E-state index contributed by atoms with van der Waals surface area (Å²) in [6, 6.07) is 11.9. The van der Waals surface area contributed by atoms with Crippen LogP contribution in [0, 0.1) is 0 Å². The van der Waals surface area contributed by atoms with Crippen molar-refractivity contribution in [2.75, 3.05) is 0 Å². The fourth-order valence-corrected chi connectivity index (χ4v) is 7.11. The Morgan fingerprint density at radius 2 is 0.658 bits per heavy atom. The topological polar surface area (TPSA) is 57.4 Å². The van der Waals surface area contributed by atoms with Crippen LogP contribution in [0.1, 0.15) is 101 Å². The van der Waals surface area contributed by atoms with Crippen LogP contribution in [0.4, 0.5) is 0 Å². The van der Waals surface area contributed by atoms with E-state index in [1.807, 2.05) is 12.1 Å². The first-order valence-electron chi connectivity index (χ1n) is 12.6. The number of hydrogen-bond donors (Lipinski definition) is 2. The molecule has 2 N–H and O–H groups in total. The lowest BCUT2D eigenvalue weighted by Gasteiger charge is -2.32. The second-order valence-corrected chi connectivity index (χ2v) is 14.0. The van der Waals surface area contributed by atoms with E-state index in [9.17, 15) is 0 Å². The summed E-state index contributed by atoms with van der Waals surface area (Å²) in [4.78, 5) is 17.6. The summed E-state index contributed by atoms with van der Waals surface area (Å²) >= 11 is 27.2. The maximum atomic E-state index is 6.80. The summed E-state index contributed by atoms with van der Waals surface area (Å²) in [6.45, 7) is 16.9. The Hall–Kier alpha value is -1.98. The van der Waals surface area contributed by atoms with Gasteiger partial charge in [-0.3, -0.25) is 9.97 Å². The van der Waals surface area contributed by atoms with E-state index in [1.165, 1.54) is 0 Å². The molecule has 8 bridgehead atoms. The fourth-order valence-electron chi connectivity index (χ4n) is 5.45. The molecule has 8 heteroatoms. The van der Waals surface area contributed by atoms with Crippen molar-refractivity contribution in [3.63, 3.8) is 0 Å². The van der Waals surface area contributed by atoms with Crippen molar-refractivity contribution in [1.82, 2.24) is 19.9 Å². The van der Waals surface area contributed by atoms with E-state index in [0.29, 0.717) is 20.1 Å². The van der Waals surface area contributed by atoms with Gasteiger partial charge in [-0.2, -0.15) is 0 Å². The second-order valence-electron chi connectivity index (χ2n) is 12.4. The largest absolute Gasteiger partial charge is 0.361 e. The zero-order valence-electron chi connectivity index (χ0n) is 22.9. The van der Waals surface area contributed by atoms with Gasteiger partial charge in [-0.15, -0.1) is 0 Å². The molecule has 4 aromatic heterocycles. The number of aromatic amines is 2. The fraction of sp³-hybridized carbons (Fsp3) is 0.400. The average molecular weight is 590 g/mol. The lowest BCUT2D eigenvalue weighted by atomic mass is 9.81. The van der Waals surface area contributed by atoms with Crippen LogP contribution < -0.4 is 0 Å². The van der Waals surface area contributed by atoms with Gasteiger partial charge >= 0.3 is 0 Å². The Morgan fingerprint density at radius 3 is 0.868 bits per heavy atom. The molecule has 0 unspecified atom stereocenters. The van der Waals surface area contributed by atoms with Crippen LogP contribution in [-0.4, -0.2) is 19.9 Å². The van der Waals surface area contributed by atoms with E-state index in [-0.39, 0.29) is 0 Å². The Balaban J connectivity index is 1.88. The van der Waals surface area contributed by atoms with Gasteiger partial charge in [-0.1, -0.05) is 46.4 Å². The van der Waals surface area contributed by atoms with Gasteiger partial charge in [0.25, 0.3) is 0 Å². The first-order valence-corrected chi connectivity index (χ1v) is 14.1. The van der Waals surface area contributed by atoms with Crippen LogP contribution in [0.5, 0.6) is 0 Å². The summed E-state index contributed by atoms with van der Waals surface area (Å²) < 4.78 is 0. The van der Waals surface area contributed by atoms with Gasteiger partial charge in [0.1, 0.15) is 0 Å². The van der Waals surface area contributed by atoms with Crippen LogP contribution in [0.25, 0.3) is 0 Å². The van der Waals surface area contributed by atoms with Crippen molar-refractivity contribution in [3.05, 3.63) is 102 Å². The first-order chi connectivity index (χ1) is 17.5. The number of halogens is 4. The zero-order chi connectivity index (χ0) is 28.0. The molecule has 5 heterocycles. The Kier molecular flexibility index (Phi) is 6.36. The van der Waals surface area contributed by atoms with E-state index in [2.05, 4.69) is 89.6 Å². The van der Waals surface area contributed by atoms with Crippen molar-refractivity contribution >= 4 is 46.4 Å². The highest BCUT2D eigenvalue weighted by atomic mass is 35.5. The smallest absolute Gasteiger partial charge is 0.0709 e. The summed E-state index contributed by atoms with van der Waals surface area (Å²) in [7, 11) is 0. The third-order valence-corrected chi connectivity index (χ3v) is 9.44. The highest BCUT2D eigenvalue weighted by Gasteiger charge is 2.39. The van der Waals surface area contributed by atoms with Crippen molar-refractivity contribution < 1.29 is 0 Å². The van der Waals surface area contributed by atoms with Crippen LogP contribution in [0.2, 0.25) is 20.1 Å². The SMILES string of the molecule is CC1(C)c2ccc([nH]2)C(C)(C)c2nc(c(Cl)cc2Cl)C(C)(C)c2ccc([nH]2)C(C)(C)c2nc1c(Cl)cc2Cl. The molecule has 0 fully saturated rings. The minimum atomic E-state index is -0.539. The van der Waals surface area contributed by atoms with Crippen LogP contribution in [0.15, 0.2) is 36.4 Å². The predicted octanol–water partition coefficient (Wildman–Crippen LogP) is 9.36. The molecule has 0 saturated carbocycles. The number of H-pyrrole nitrogens is 2. The molecule has 38 heavy (non-hydrogen) atoms. The molecule has 5 rings (SSSR count). The first kappa shape index (κ1) is 27.6.